The van der Waals surface area contributed by atoms with Crippen LogP contribution in [0.15, 0.2) is 0 Å². The second kappa shape index (κ2) is 6.44. The fourth-order valence-electron chi connectivity index (χ4n) is 1.09. The molecule has 74 valence electrons. The van der Waals surface area contributed by atoms with Gasteiger partial charge in [0.05, 0.1) is 5.60 Å². The van der Waals surface area contributed by atoms with Crippen molar-refractivity contribution >= 4 is 0 Å². The average molecular weight is 173 g/mol. The summed E-state index contributed by atoms with van der Waals surface area (Å²) in [5.74, 6) is 0. The van der Waals surface area contributed by atoms with Crippen molar-refractivity contribution < 1.29 is 4.74 Å². The van der Waals surface area contributed by atoms with Gasteiger partial charge in [-0.05, 0) is 39.7 Å². The molecule has 0 unspecified atom stereocenters. The van der Waals surface area contributed by atoms with Crippen LogP contribution in [0, 0.1) is 0 Å². The molecule has 0 aromatic carbocycles. The lowest BCUT2D eigenvalue weighted by Crippen LogP contribution is -2.25. The fraction of sp³-hybridized carbons (Fsp3) is 1.00. The minimum absolute atomic E-state index is 0.0224. The smallest absolute Gasteiger partial charge is 0.0627 e. The molecule has 0 atom stereocenters. The highest BCUT2D eigenvalue weighted by molar-refractivity contribution is 4.68. The van der Waals surface area contributed by atoms with Crippen LogP contribution in [0.25, 0.3) is 0 Å². The van der Waals surface area contributed by atoms with Crippen molar-refractivity contribution in [3.63, 3.8) is 0 Å². The third kappa shape index (κ3) is 6.62. The third-order valence-corrected chi connectivity index (χ3v) is 1.97. The van der Waals surface area contributed by atoms with Crippen LogP contribution in [0.5, 0.6) is 0 Å². The molecule has 0 radical (unpaired) electrons. The lowest BCUT2D eigenvalue weighted by Gasteiger charge is -2.25. The SMILES string of the molecule is CCCCOC(C)(C)CCCN. The Morgan fingerprint density at radius 2 is 1.92 bits per heavy atom. The van der Waals surface area contributed by atoms with E-state index in [1.165, 1.54) is 6.42 Å². The minimum Gasteiger partial charge on any atom is -0.376 e. The van der Waals surface area contributed by atoms with E-state index in [1.54, 1.807) is 0 Å². The molecule has 0 amide bonds. The molecule has 0 saturated heterocycles. The first-order valence-electron chi connectivity index (χ1n) is 4.96. The van der Waals surface area contributed by atoms with E-state index in [0.717, 1.165) is 32.4 Å². The molecule has 0 aromatic heterocycles. The summed E-state index contributed by atoms with van der Waals surface area (Å²) in [6.45, 7) is 8.10. The van der Waals surface area contributed by atoms with Gasteiger partial charge < -0.3 is 10.5 Å². The average Bonchev–Trinajstić information content (AvgIpc) is 2.01. The van der Waals surface area contributed by atoms with Gasteiger partial charge in [-0.25, -0.2) is 0 Å². The maximum Gasteiger partial charge on any atom is 0.0627 e. The Morgan fingerprint density at radius 3 is 2.42 bits per heavy atom. The monoisotopic (exact) mass is 173 g/mol. The van der Waals surface area contributed by atoms with E-state index in [9.17, 15) is 0 Å². The van der Waals surface area contributed by atoms with Crippen LogP contribution in [0.2, 0.25) is 0 Å². The fourth-order valence-corrected chi connectivity index (χ4v) is 1.09. The zero-order chi connectivity index (χ0) is 9.45. The Bertz CT molecular complexity index is 102. The van der Waals surface area contributed by atoms with Crippen LogP contribution in [0.4, 0.5) is 0 Å². The number of unbranched alkanes of at least 4 members (excludes halogenated alkanes) is 1. The highest BCUT2D eigenvalue weighted by atomic mass is 16.5. The van der Waals surface area contributed by atoms with Crippen LogP contribution < -0.4 is 5.73 Å². The zero-order valence-electron chi connectivity index (χ0n) is 8.73. The van der Waals surface area contributed by atoms with Gasteiger partial charge in [-0.15, -0.1) is 0 Å². The maximum absolute atomic E-state index is 5.72. The molecule has 0 saturated carbocycles. The highest BCUT2D eigenvalue weighted by Crippen LogP contribution is 2.16. The Labute approximate surface area is 76.5 Å². The van der Waals surface area contributed by atoms with Gasteiger partial charge >= 0.3 is 0 Å². The lowest BCUT2D eigenvalue weighted by atomic mass is 10.0. The Hall–Kier alpha value is -0.0800. The largest absolute Gasteiger partial charge is 0.376 e. The van der Waals surface area contributed by atoms with E-state index in [4.69, 9.17) is 10.5 Å². The first-order chi connectivity index (χ1) is 5.62. The number of rotatable bonds is 7. The van der Waals surface area contributed by atoms with E-state index in [-0.39, 0.29) is 5.60 Å². The molecule has 2 heteroatoms. The number of nitrogens with two attached hydrogens (primary N) is 1. The molecule has 0 aliphatic heterocycles. The van der Waals surface area contributed by atoms with Gasteiger partial charge in [-0.3, -0.25) is 0 Å². The molecule has 0 aliphatic rings. The minimum atomic E-state index is 0.0224. The topological polar surface area (TPSA) is 35.2 Å². The van der Waals surface area contributed by atoms with Gasteiger partial charge in [-0.2, -0.15) is 0 Å². The predicted octanol–water partition coefficient (Wildman–Crippen LogP) is 2.32. The maximum atomic E-state index is 5.72. The summed E-state index contributed by atoms with van der Waals surface area (Å²) in [4.78, 5) is 0. The first kappa shape index (κ1) is 11.9. The second-order valence-corrected chi connectivity index (χ2v) is 3.85. The summed E-state index contributed by atoms with van der Waals surface area (Å²) < 4.78 is 5.72. The molecule has 12 heavy (non-hydrogen) atoms. The van der Waals surface area contributed by atoms with Gasteiger partial charge in [0, 0.05) is 6.61 Å². The highest BCUT2D eigenvalue weighted by Gasteiger charge is 2.16. The summed E-state index contributed by atoms with van der Waals surface area (Å²) in [5.41, 5.74) is 5.46. The van der Waals surface area contributed by atoms with Crippen LogP contribution >= 0.6 is 0 Å². The van der Waals surface area contributed by atoms with E-state index in [0.29, 0.717) is 0 Å². The Morgan fingerprint density at radius 1 is 1.25 bits per heavy atom. The number of hydrogen-bond acceptors (Lipinski definition) is 2. The van der Waals surface area contributed by atoms with Crippen LogP contribution in [0.1, 0.15) is 46.5 Å². The molecule has 2 N–H and O–H groups in total. The normalized spacial score (nSPS) is 12.0. The van der Waals surface area contributed by atoms with Crippen LogP contribution in [0.3, 0.4) is 0 Å². The van der Waals surface area contributed by atoms with E-state index >= 15 is 0 Å². The molecular formula is C10H23NO. The summed E-state index contributed by atoms with van der Waals surface area (Å²) in [7, 11) is 0. The van der Waals surface area contributed by atoms with Crippen molar-refractivity contribution in [2.24, 2.45) is 5.73 Å². The molecule has 0 fully saturated rings. The molecule has 0 aromatic rings. The third-order valence-electron chi connectivity index (χ3n) is 1.97. The van der Waals surface area contributed by atoms with Gasteiger partial charge in [0.1, 0.15) is 0 Å². The zero-order valence-corrected chi connectivity index (χ0v) is 8.73. The Kier molecular flexibility index (Phi) is 6.39. The van der Waals surface area contributed by atoms with E-state index < -0.39 is 0 Å². The summed E-state index contributed by atoms with van der Waals surface area (Å²) in [5, 5.41) is 0. The predicted molar refractivity (Wildman–Crippen MR) is 53.2 cm³/mol. The van der Waals surface area contributed by atoms with Gasteiger partial charge in [0.2, 0.25) is 0 Å². The van der Waals surface area contributed by atoms with Crippen molar-refractivity contribution in [3.05, 3.63) is 0 Å². The molecular weight excluding hydrogens is 150 g/mol. The molecule has 0 bridgehead atoms. The van der Waals surface area contributed by atoms with Gasteiger partial charge in [0.15, 0.2) is 0 Å². The number of hydrogen-bond donors (Lipinski definition) is 1. The number of ether oxygens (including phenoxy) is 1. The second-order valence-electron chi connectivity index (χ2n) is 3.85. The van der Waals surface area contributed by atoms with Gasteiger partial charge in [0.25, 0.3) is 0 Å². The van der Waals surface area contributed by atoms with Crippen molar-refractivity contribution in [2.75, 3.05) is 13.2 Å². The van der Waals surface area contributed by atoms with Crippen LogP contribution in [-0.2, 0) is 4.74 Å². The van der Waals surface area contributed by atoms with E-state index in [2.05, 4.69) is 20.8 Å². The van der Waals surface area contributed by atoms with Crippen molar-refractivity contribution in [2.45, 2.75) is 52.1 Å². The quantitative estimate of drug-likeness (QED) is 0.600. The first-order valence-corrected chi connectivity index (χ1v) is 4.96. The molecule has 0 rings (SSSR count). The van der Waals surface area contributed by atoms with Crippen molar-refractivity contribution in [1.82, 2.24) is 0 Å². The summed E-state index contributed by atoms with van der Waals surface area (Å²) in [6.07, 6.45) is 4.48. The molecule has 0 spiro atoms. The lowest BCUT2D eigenvalue weighted by molar-refractivity contribution is -0.0253. The van der Waals surface area contributed by atoms with Crippen molar-refractivity contribution in [3.8, 4) is 0 Å². The standard InChI is InChI=1S/C10H23NO/c1-4-5-9-12-10(2,3)7-6-8-11/h4-9,11H2,1-3H3. The summed E-state index contributed by atoms with van der Waals surface area (Å²) >= 11 is 0. The Balaban J connectivity index is 3.42. The van der Waals surface area contributed by atoms with Gasteiger partial charge in [-0.1, -0.05) is 13.3 Å². The molecule has 0 aliphatic carbocycles. The summed E-state index contributed by atoms with van der Waals surface area (Å²) in [6, 6.07) is 0. The van der Waals surface area contributed by atoms with Crippen molar-refractivity contribution in [1.29, 1.82) is 0 Å². The molecule has 0 heterocycles. The molecule has 2 nitrogen and oxygen atoms in total. The van der Waals surface area contributed by atoms with E-state index in [1.807, 2.05) is 0 Å². The van der Waals surface area contributed by atoms with Crippen LogP contribution in [-0.4, -0.2) is 18.8 Å².